The monoisotopic (exact) mass is 302 g/mol. The lowest BCUT2D eigenvalue weighted by Gasteiger charge is -2.34. The van der Waals surface area contributed by atoms with Crippen LogP contribution in [-0.4, -0.2) is 35.8 Å². The summed E-state index contributed by atoms with van der Waals surface area (Å²) < 4.78 is 26.3. The van der Waals surface area contributed by atoms with Crippen LogP contribution < -0.4 is 5.32 Å². The topological polar surface area (TPSA) is 49.4 Å². The Morgan fingerprint density at radius 2 is 2.10 bits per heavy atom. The minimum atomic E-state index is -1.15. The Bertz CT molecular complexity index is 566. The summed E-state index contributed by atoms with van der Waals surface area (Å²) >= 11 is 5.79. The van der Waals surface area contributed by atoms with Crippen molar-refractivity contribution in [3.05, 3.63) is 34.4 Å². The van der Waals surface area contributed by atoms with Gasteiger partial charge in [0.2, 0.25) is 5.91 Å². The average molecular weight is 303 g/mol. The minimum absolute atomic E-state index is 0.140. The fraction of sp³-hybridized carbons (Fsp3) is 0.385. The SMILES string of the molecule is CCC1C(=O)NCCN1C(=O)c1cc(F)c(F)cc1Cl. The van der Waals surface area contributed by atoms with E-state index in [9.17, 15) is 18.4 Å². The summed E-state index contributed by atoms with van der Waals surface area (Å²) in [7, 11) is 0. The van der Waals surface area contributed by atoms with Crippen molar-refractivity contribution in [2.24, 2.45) is 0 Å². The minimum Gasteiger partial charge on any atom is -0.353 e. The van der Waals surface area contributed by atoms with E-state index < -0.39 is 23.6 Å². The molecule has 0 aromatic heterocycles. The predicted molar refractivity (Wildman–Crippen MR) is 69.5 cm³/mol. The number of nitrogens with one attached hydrogen (secondary N) is 1. The molecule has 1 unspecified atom stereocenters. The van der Waals surface area contributed by atoms with Crippen LogP contribution in [0.5, 0.6) is 0 Å². The van der Waals surface area contributed by atoms with E-state index in [4.69, 9.17) is 11.6 Å². The maximum absolute atomic E-state index is 13.3. The zero-order valence-electron chi connectivity index (χ0n) is 10.8. The second-order valence-electron chi connectivity index (χ2n) is 4.46. The molecule has 0 spiro atoms. The average Bonchev–Trinajstić information content (AvgIpc) is 2.41. The summed E-state index contributed by atoms with van der Waals surface area (Å²) in [6, 6.07) is 0.898. The summed E-state index contributed by atoms with van der Waals surface area (Å²) in [5.74, 6) is -3.09. The molecule has 2 rings (SSSR count). The molecule has 1 saturated heterocycles. The number of benzene rings is 1. The molecule has 1 aromatic carbocycles. The molecule has 1 aliphatic rings. The highest BCUT2D eigenvalue weighted by Crippen LogP contribution is 2.23. The first-order valence-electron chi connectivity index (χ1n) is 6.19. The molecule has 1 N–H and O–H groups in total. The summed E-state index contributed by atoms with van der Waals surface area (Å²) in [6.45, 7) is 2.39. The molecule has 1 heterocycles. The number of nitrogens with zero attached hydrogens (tertiary/aromatic N) is 1. The zero-order valence-corrected chi connectivity index (χ0v) is 11.5. The molecule has 7 heteroatoms. The van der Waals surface area contributed by atoms with Gasteiger partial charge in [0.15, 0.2) is 11.6 Å². The lowest BCUT2D eigenvalue weighted by Crippen LogP contribution is -2.56. The molecule has 1 fully saturated rings. The van der Waals surface area contributed by atoms with Gasteiger partial charge in [-0.2, -0.15) is 0 Å². The second-order valence-corrected chi connectivity index (χ2v) is 4.87. The van der Waals surface area contributed by atoms with Crippen LogP contribution >= 0.6 is 11.6 Å². The van der Waals surface area contributed by atoms with Crippen molar-refractivity contribution in [3.63, 3.8) is 0 Å². The van der Waals surface area contributed by atoms with E-state index in [2.05, 4.69) is 5.32 Å². The van der Waals surface area contributed by atoms with Gasteiger partial charge in [-0.3, -0.25) is 9.59 Å². The van der Waals surface area contributed by atoms with Crippen LogP contribution in [0.3, 0.4) is 0 Å². The molecular weight excluding hydrogens is 290 g/mol. The Labute approximate surface area is 119 Å². The van der Waals surface area contributed by atoms with Gasteiger partial charge in [0.1, 0.15) is 6.04 Å². The standard InChI is InChI=1S/C13H13ClF2N2O2/c1-2-11-12(19)17-3-4-18(11)13(20)7-5-9(15)10(16)6-8(7)14/h5-6,11H,2-4H2,1H3,(H,17,19). The van der Waals surface area contributed by atoms with E-state index in [1.54, 1.807) is 6.92 Å². The highest BCUT2D eigenvalue weighted by atomic mass is 35.5. The van der Waals surface area contributed by atoms with Crippen molar-refractivity contribution in [2.45, 2.75) is 19.4 Å². The Morgan fingerprint density at radius 3 is 2.75 bits per heavy atom. The third-order valence-electron chi connectivity index (χ3n) is 3.22. The molecule has 4 nitrogen and oxygen atoms in total. The van der Waals surface area contributed by atoms with Gasteiger partial charge in [0, 0.05) is 13.1 Å². The number of hydrogen-bond acceptors (Lipinski definition) is 2. The third-order valence-corrected chi connectivity index (χ3v) is 3.53. The number of rotatable bonds is 2. The molecule has 1 aliphatic heterocycles. The Kier molecular flexibility index (Phi) is 4.23. The van der Waals surface area contributed by atoms with E-state index in [1.807, 2.05) is 0 Å². The summed E-state index contributed by atoms with van der Waals surface area (Å²) in [6.07, 6.45) is 0.429. The smallest absolute Gasteiger partial charge is 0.256 e. The lowest BCUT2D eigenvalue weighted by atomic mass is 10.1. The molecule has 0 radical (unpaired) electrons. The summed E-state index contributed by atoms with van der Waals surface area (Å²) in [5, 5.41) is 2.48. The largest absolute Gasteiger partial charge is 0.353 e. The van der Waals surface area contributed by atoms with E-state index >= 15 is 0 Å². The number of piperazine rings is 1. The normalized spacial score (nSPS) is 18.9. The highest BCUT2D eigenvalue weighted by molar-refractivity contribution is 6.33. The molecule has 0 bridgehead atoms. The van der Waals surface area contributed by atoms with Crippen LogP contribution in [0.25, 0.3) is 0 Å². The Hall–Kier alpha value is -1.69. The van der Waals surface area contributed by atoms with Gasteiger partial charge in [-0.1, -0.05) is 18.5 Å². The highest BCUT2D eigenvalue weighted by Gasteiger charge is 2.33. The zero-order chi connectivity index (χ0) is 14.9. The van der Waals surface area contributed by atoms with Crippen molar-refractivity contribution in [1.82, 2.24) is 10.2 Å². The molecule has 20 heavy (non-hydrogen) atoms. The Balaban J connectivity index is 2.35. The maximum Gasteiger partial charge on any atom is 0.256 e. The molecule has 108 valence electrons. The van der Waals surface area contributed by atoms with E-state index in [0.717, 1.165) is 12.1 Å². The second kappa shape index (κ2) is 5.75. The molecule has 0 aliphatic carbocycles. The van der Waals surface area contributed by atoms with Gasteiger partial charge >= 0.3 is 0 Å². The molecule has 2 amide bonds. The van der Waals surface area contributed by atoms with Gasteiger partial charge < -0.3 is 10.2 Å². The first-order valence-corrected chi connectivity index (χ1v) is 6.56. The number of amides is 2. The summed E-state index contributed by atoms with van der Waals surface area (Å²) in [4.78, 5) is 25.4. The fourth-order valence-electron chi connectivity index (χ4n) is 2.20. The van der Waals surface area contributed by atoms with E-state index in [1.165, 1.54) is 4.90 Å². The van der Waals surface area contributed by atoms with Crippen LogP contribution in [0.4, 0.5) is 8.78 Å². The number of carbonyl (C=O) groups excluding carboxylic acids is 2. The maximum atomic E-state index is 13.3. The van der Waals surface area contributed by atoms with Gasteiger partial charge in [-0.25, -0.2) is 8.78 Å². The van der Waals surface area contributed by atoms with Gasteiger partial charge in [-0.15, -0.1) is 0 Å². The number of carbonyl (C=O) groups is 2. The molecule has 1 aromatic rings. The summed E-state index contributed by atoms with van der Waals surface area (Å²) in [5.41, 5.74) is -0.140. The van der Waals surface area contributed by atoms with Crippen LogP contribution in [0.1, 0.15) is 23.7 Å². The van der Waals surface area contributed by atoms with Crippen LogP contribution in [0.15, 0.2) is 12.1 Å². The van der Waals surface area contributed by atoms with Crippen molar-refractivity contribution >= 4 is 23.4 Å². The van der Waals surface area contributed by atoms with Gasteiger partial charge in [0.05, 0.1) is 10.6 Å². The fourth-order valence-corrected chi connectivity index (χ4v) is 2.44. The van der Waals surface area contributed by atoms with Crippen molar-refractivity contribution in [3.8, 4) is 0 Å². The molecule has 0 saturated carbocycles. The van der Waals surface area contributed by atoms with E-state index in [0.29, 0.717) is 19.5 Å². The van der Waals surface area contributed by atoms with E-state index in [-0.39, 0.29) is 16.5 Å². The van der Waals surface area contributed by atoms with Crippen molar-refractivity contribution in [1.29, 1.82) is 0 Å². The van der Waals surface area contributed by atoms with Crippen LogP contribution in [0.2, 0.25) is 5.02 Å². The van der Waals surface area contributed by atoms with Gasteiger partial charge in [-0.05, 0) is 18.6 Å². The Morgan fingerprint density at radius 1 is 1.45 bits per heavy atom. The van der Waals surface area contributed by atoms with Crippen LogP contribution in [0, 0.1) is 11.6 Å². The first-order chi connectivity index (χ1) is 9.45. The third kappa shape index (κ3) is 2.60. The lowest BCUT2D eigenvalue weighted by molar-refractivity contribution is -0.127. The quantitative estimate of drug-likeness (QED) is 0.849. The molecular formula is C13H13ClF2N2O2. The first kappa shape index (κ1) is 14.7. The molecule has 1 atom stereocenters. The van der Waals surface area contributed by atoms with Crippen LogP contribution in [-0.2, 0) is 4.79 Å². The predicted octanol–water partition coefficient (Wildman–Crippen LogP) is 1.97. The van der Waals surface area contributed by atoms with Crippen molar-refractivity contribution < 1.29 is 18.4 Å². The number of hydrogen-bond donors (Lipinski definition) is 1. The number of halogens is 3. The van der Waals surface area contributed by atoms with Gasteiger partial charge in [0.25, 0.3) is 5.91 Å². The van der Waals surface area contributed by atoms with Crippen molar-refractivity contribution in [2.75, 3.05) is 13.1 Å².